The number of nitrogens with zero attached hydrogens (tertiary/aromatic N) is 2. The molecule has 1 aromatic heterocycles. The predicted octanol–water partition coefficient (Wildman–Crippen LogP) is 2.44. The summed E-state index contributed by atoms with van der Waals surface area (Å²) < 4.78 is 33.9. The molecule has 0 spiro atoms. The first kappa shape index (κ1) is 28.8. The van der Waals surface area contributed by atoms with Crippen molar-refractivity contribution in [2.45, 2.75) is 65.2 Å². The number of nitrogens with one attached hydrogen (secondary N) is 3. The van der Waals surface area contributed by atoms with Crippen LogP contribution in [-0.4, -0.2) is 66.8 Å². The van der Waals surface area contributed by atoms with E-state index < -0.39 is 21.3 Å². The number of hydrogen-bond acceptors (Lipinski definition) is 7. The Kier molecular flexibility index (Phi) is 10.2. The van der Waals surface area contributed by atoms with Crippen LogP contribution in [0.3, 0.4) is 0 Å². The predicted molar refractivity (Wildman–Crippen MR) is 144 cm³/mol. The standard InChI is InChI=1S/C26H39N5O5S/c1-5-9-23(37(34,35)31-14-12-27-13-15-31)29-25(32)18-10-11-22(36-16-6-2)20(17-18)24-28-21(8-4)19(7-3)26(33)30-24/h10-11,17,23,27H,5-9,12-16H2,1-4H3,(H,29,32)(H,28,30,33). The number of piperazine rings is 1. The van der Waals surface area contributed by atoms with Gasteiger partial charge in [0.05, 0.1) is 17.9 Å². The first-order valence-electron chi connectivity index (χ1n) is 13.2. The highest BCUT2D eigenvalue weighted by molar-refractivity contribution is 7.89. The van der Waals surface area contributed by atoms with Gasteiger partial charge in [-0.3, -0.25) is 9.59 Å². The lowest BCUT2D eigenvalue weighted by Gasteiger charge is -2.31. The van der Waals surface area contributed by atoms with E-state index in [1.807, 2.05) is 27.7 Å². The molecule has 0 bridgehead atoms. The topological polar surface area (TPSA) is 133 Å². The smallest absolute Gasteiger partial charge is 0.254 e. The van der Waals surface area contributed by atoms with Gasteiger partial charge in [0.15, 0.2) is 0 Å². The van der Waals surface area contributed by atoms with Crippen LogP contribution < -0.4 is 20.9 Å². The zero-order chi connectivity index (χ0) is 27.0. The molecule has 1 atom stereocenters. The van der Waals surface area contributed by atoms with Crippen LogP contribution in [0.2, 0.25) is 0 Å². The van der Waals surface area contributed by atoms with Gasteiger partial charge in [-0.15, -0.1) is 0 Å². The molecule has 2 heterocycles. The summed E-state index contributed by atoms with van der Waals surface area (Å²) in [5, 5.41) is 4.86. The summed E-state index contributed by atoms with van der Waals surface area (Å²) in [7, 11) is -3.72. The van der Waals surface area contributed by atoms with Crippen LogP contribution in [0.25, 0.3) is 11.4 Å². The third-order valence-electron chi connectivity index (χ3n) is 6.39. The minimum absolute atomic E-state index is 0.217. The van der Waals surface area contributed by atoms with Crippen molar-refractivity contribution in [2.24, 2.45) is 0 Å². The van der Waals surface area contributed by atoms with E-state index in [0.717, 1.165) is 6.42 Å². The molecule has 1 unspecified atom stereocenters. The molecule has 1 aliphatic rings. The number of carbonyl (C=O) groups excluding carboxylic acids is 1. The zero-order valence-electron chi connectivity index (χ0n) is 22.2. The maximum Gasteiger partial charge on any atom is 0.254 e. The molecular weight excluding hydrogens is 494 g/mol. The minimum Gasteiger partial charge on any atom is -0.493 e. The molecule has 37 heavy (non-hydrogen) atoms. The summed E-state index contributed by atoms with van der Waals surface area (Å²) in [6.07, 6.45) is 2.83. The van der Waals surface area contributed by atoms with E-state index in [1.54, 1.807) is 18.2 Å². The molecule has 1 aromatic carbocycles. The van der Waals surface area contributed by atoms with Crippen LogP contribution in [0.5, 0.6) is 5.75 Å². The molecule has 2 aromatic rings. The van der Waals surface area contributed by atoms with E-state index in [0.29, 0.717) is 86.9 Å². The lowest BCUT2D eigenvalue weighted by atomic mass is 10.1. The molecule has 1 amide bonds. The Morgan fingerprint density at radius 3 is 2.49 bits per heavy atom. The fourth-order valence-corrected chi connectivity index (χ4v) is 6.23. The van der Waals surface area contributed by atoms with Gasteiger partial charge in [0.1, 0.15) is 16.9 Å². The zero-order valence-corrected chi connectivity index (χ0v) is 23.0. The fraction of sp³-hybridized carbons (Fsp3) is 0.577. The van der Waals surface area contributed by atoms with Crippen LogP contribution >= 0.6 is 0 Å². The van der Waals surface area contributed by atoms with Gasteiger partial charge >= 0.3 is 0 Å². The fourth-order valence-electron chi connectivity index (χ4n) is 4.39. The van der Waals surface area contributed by atoms with Gasteiger partial charge in [0.25, 0.3) is 11.5 Å². The lowest BCUT2D eigenvalue weighted by molar-refractivity contribution is 0.0945. The number of rotatable bonds is 12. The average molecular weight is 534 g/mol. The van der Waals surface area contributed by atoms with E-state index in [1.165, 1.54) is 4.31 Å². The van der Waals surface area contributed by atoms with Crippen LogP contribution in [0.15, 0.2) is 23.0 Å². The van der Waals surface area contributed by atoms with Gasteiger partial charge in [-0.25, -0.2) is 13.4 Å². The number of benzene rings is 1. The summed E-state index contributed by atoms with van der Waals surface area (Å²) >= 11 is 0. The van der Waals surface area contributed by atoms with E-state index in [4.69, 9.17) is 4.74 Å². The number of aromatic nitrogens is 2. The molecule has 1 saturated heterocycles. The molecule has 1 fully saturated rings. The van der Waals surface area contributed by atoms with E-state index in [-0.39, 0.29) is 11.1 Å². The SMILES string of the molecule is CCCOc1ccc(C(=O)NC(CCC)S(=O)(=O)N2CCNCC2)cc1-c1nc(CC)c(CC)c(=O)[nH]1. The van der Waals surface area contributed by atoms with Crippen molar-refractivity contribution in [3.63, 3.8) is 0 Å². The Morgan fingerprint density at radius 2 is 1.86 bits per heavy atom. The van der Waals surface area contributed by atoms with Gasteiger partial charge in [-0.1, -0.05) is 34.1 Å². The van der Waals surface area contributed by atoms with Crippen LogP contribution in [0.4, 0.5) is 0 Å². The molecular formula is C26H39N5O5S. The Hall–Kier alpha value is -2.76. The second-order valence-electron chi connectivity index (χ2n) is 9.05. The third kappa shape index (κ3) is 6.77. The van der Waals surface area contributed by atoms with E-state index >= 15 is 0 Å². The van der Waals surface area contributed by atoms with E-state index in [9.17, 15) is 18.0 Å². The van der Waals surface area contributed by atoms with Crippen molar-refractivity contribution in [2.75, 3.05) is 32.8 Å². The van der Waals surface area contributed by atoms with Gasteiger partial charge in [0.2, 0.25) is 10.0 Å². The maximum absolute atomic E-state index is 13.3. The maximum atomic E-state index is 13.3. The number of sulfonamides is 1. The summed E-state index contributed by atoms with van der Waals surface area (Å²) in [6, 6.07) is 4.87. The minimum atomic E-state index is -3.72. The molecule has 0 radical (unpaired) electrons. The van der Waals surface area contributed by atoms with Gasteiger partial charge in [-0.05, 0) is 43.9 Å². The summed E-state index contributed by atoms with van der Waals surface area (Å²) in [4.78, 5) is 33.6. The number of amides is 1. The highest BCUT2D eigenvalue weighted by Crippen LogP contribution is 2.29. The van der Waals surface area contributed by atoms with Crippen molar-refractivity contribution < 1.29 is 17.9 Å². The summed E-state index contributed by atoms with van der Waals surface area (Å²) in [5.41, 5.74) is 1.86. The molecule has 3 rings (SSSR count). The highest BCUT2D eigenvalue weighted by Gasteiger charge is 2.33. The van der Waals surface area contributed by atoms with Crippen molar-refractivity contribution in [1.29, 1.82) is 0 Å². The van der Waals surface area contributed by atoms with Crippen molar-refractivity contribution in [3.8, 4) is 17.1 Å². The highest BCUT2D eigenvalue weighted by atomic mass is 32.2. The normalized spacial score (nSPS) is 15.4. The summed E-state index contributed by atoms with van der Waals surface area (Å²) in [5.74, 6) is 0.299. The van der Waals surface area contributed by atoms with Crippen molar-refractivity contribution in [1.82, 2.24) is 24.9 Å². The first-order valence-corrected chi connectivity index (χ1v) is 14.7. The molecule has 0 aliphatic carbocycles. The Morgan fingerprint density at radius 1 is 1.14 bits per heavy atom. The third-order valence-corrected chi connectivity index (χ3v) is 8.54. The number of hydrogen-bond donors (Lipinski definition) is 3. The Labute approximate surface area is 219 Å². The monoisotopic (exact) mass is 533 g/mol. The molecule has 10 nitrogen and oxygen atoms in total. The first-order chi connectivity index (χ1) is 17.8. The number of H-pyrrole nitrogens is 1. The van der Waals surface area contributed by atoms with E-state index in [2.05, 4.69) is 20.6 Å². The second-order valence-corrected chi connectivity index (χ2v) is 11.2. The largest absolute Gasteiger partial charge is 0.493 e. The molecule has 204 valence electrons. The van der Waals surface area contributed by atoms with Crippen LogP contribution in [-0.2, 0) is 22.9 Å². The van der Waals surface area contributed by atoms with Gasteiger partial charge in [0, 0.05) is 37.3 Å². The molecule has 3 N–H and O–H groups in total. The van der Waals surface area contributed by atoms with Crippen LogP contribution in [0.1, 0.15) is 68.6 Å². The molecule has 1 aliphatic heterocycles. The average Bonchev–Trinajstić information content (AvgIpc) is 2.91. The number of carbonyl (C=O) groups is 1. The number of ether oxygens (including phenoxy) is 1. The number of aromatic amines is 1. The second kappa shape index (κ2) is 13.2. The quantitative estimate of drug-likeness (QED) is 0.382. The summed E-state index contributed by atoms with van der Waals surface area (Å²) in [6.45, 7) is 10.1. The Balaban J connectivity index is 1.98. The number of aryl methyl sites for hydroxylation is 1. The van der Waals surface area contributed by atoms with Gasteiger partial charge in [-0.2, -0.15) is 4.31 Å². The molecule has 11 heteroatoms. The van der Waals surface area contributed by atoms with Crippen molar-refractivity contribution >= 4 is 15.9 Å². The van der Waals surface area contributed by atoms with Crippen molar-refractivity contribution in [3.05, 3.63) is 45.4 Å². The van der Waals surface area contributed by atoms with Crippen LogP contribution in [0, 0.1) is 0 Å². The van der Waals surface area contributed by atoms with Gasteiger partial charge < -0.3 is 20.4 Å². The lowest BCUT2D eigenvalue weighted by Crippen LogP contribution is -2.53. The Bertz CT molecular complexity index is 1240. The molecule has 0 saturated carbocycles.